The van der Waals surface area contributed by atoms with E-state index >= 15 is 0 Å². The summed E-state index contributed by atoms with van der Waals surface area (Å²) in [7, 11) is 0. The van der Waals surface area contributed by atoms with Crippen LogP contribution in [0, 0.1) is 0 Å². The van der Waals surface area contributed by atoms with Gasteiger partial charge in [-0.1, -0.05) is 0 Å². The van der Waals surface area contributed by atoms with Crippen molar-refractivity contribution in [1.29, 1.82) is 0 Å². The molecule has 0 atom stereocenters. The van der Waals surface area contributed by atoms with Gasteiger partial charge in [0, 0.05) is 0 Å². The minimum atomic E-state index is 1.26. The minimum absolute atomic E-state index is 1.26. The molecule has 2 aromatic carbocycles. The van der Waals surface area contributed by atoms with Crippen LogP contribution in [-0.4, -0.2) is 16.9 Å². The Morgan fingerprint density at radius 3 is 2.36 bits per heavy atom. The average Bonchev–Trinajstić information content (AvgIpc) is 2.04. The summed E-state index contributed by atoms with van der Waals surface area (Å²) in [4.78, 5) is 0. The fourth-order valence-electron chi connectivity index (χ4n) is 1.18. The number of hydrogen-bond acceptors (Lipinski definition) is 0. The molecule has 0 saturated heterocycles. The Balaban J connectivity index is 2.83. The van der Waals surface area contributed by atoms with Gasteiger partial charge in [-0.05, 0) is 0 Å². The Kier molecular flexibility index (Phi) is 1.71. The molecular formula is C10H7As. The van der Waals surface area contributed by atoms with Crippen LogP contribution in [0.2, 0.25) is 0 Å². The molecule has 0 aliphatic heterocycles. The maximum absolute atomic E-state index is 2.56. The first-order chi connectivity index (χ1) is 5.36. The summed E-state index contributed by atoms with van der Waals surface area (Å²) in [5.41, 5.74) is 0. The van der Waals surface area contributed by atoms with E-state index in [1.54, 1.807) is 0 Å². The average molecular weight is 202 g/mol. The van der Waals surface area contributed by atoms with Crippen molar-refractivity contribution in [2.24, 2.45) is 0 Å². The second-order valence-electron chi connectivity index (χ2n) is 2.53. The van der Waals surface area contributed by atoms with Crippen molar-refractivity contribution in [2.45, 2.75) is 0 Å². The monoisotopic (exact) mass is 202 g/mol. The Morgan fingerprint density at radius 1 is 0.818 bits per heavy atom. The van der Waals surface area contributed by atoms with E-state index in [0.717, 1.165) is 0 Å². The summed E-state index contributed by atoms with van der Waals surface area (Å²) < 4.78 is 1.26. The molecule has 52 valence electrons. The second kappa shape index (κ2) is 2.71. The number of fused-ring (bicyclic) bond motifs is 1. The molecule has 0 amide bonds. The van der Waals surface area contributed by atoms with Crippen LogP contribution in [0.25, 0.3) is 10.8 Å². The van der Waals surface area contributed by atoms with Crippen LogP contribution in [0.4, 0.5) is 0 Å². The summed E-state index contributed by atoms with van der Waals surface area (Å²) in [5.74, 6) is 0. The first kappa shape index (κ1) is 6.94. The molecule has 2 radical (unpaired) electrons. The molecule has 0 aliphatic rings. The van der Waals surface area contributed by atoms with E-state index in [9.17, 15) is 0 Å². The molecule has 0 N–H and O–H groups in total. The third-order valence-electron chi connectivity index (χ3n) is 1.73. The van der Waals surface area contributed by atoms with Crippen LogP contribution < -0.4 is 4.35 Å². The summed E-state index contributed by atoms with van der Waals surface area (Å²) in [5, 5.41) is 2.62. The summed E-state index contributed by atoms with van der Waals surface area (Å²) in [6, 6.07) is 14.8. The fourth-order valence-corrected chi connectivity index (χ4v) is 1.62. The van der Waals surface area contributed by atoms with Crippen molar-refractivity contribution in [3.05, 3.63) is 42.5 Å². The Bertz CT molecular complexity index is 379. The first-order valence-corrected chi connectivity index (χ1v) is 4.48. The molecule has 0 bridgehead atoms. The van der Waals surface area contributed by atoms with Crippen molar-refractivity contribution in [2.75, 3.05) is 0 Å². The van der Waals surface area contributed by atoms with Crippen LogP contribution >= 0.6 is 0 Å². The van der Waals surface area contributed by atoms with Gasteiger partial charge in [-0.25, -0.2) is 0 Å². The Labute approximate surface area is 74.7 Å². The standard InChI is InChI=1S/C10H7As/c11-10-6-5-8-3-1-2-4-9(8)7-10/h1-7H. The van der Waals surface area contributed by atoms with Gasteiger partial charge in [-0.3, -0.25) is 0 Å². The summed E-state index contributed by atoms with van der Waals surface area (Å²) in [6.45, 7) is 0. The van der Waals surface area contributed by atoms with E-state index in [-0.39, 0.29) is 0 Å². The molecule has 2 rings (SSSR count). The molecule has 0 aliphatic carbocycles. The summed E-state index contributed by atoms with van der Waals surface area (Å²) >= 11 is 2.56. The topological polar surface area (TPSA) is 0 Å². The van der Waals surface area contributed by atoms with E-state index < -0.39 is 0 Å². The van der Waals surface area contributed by atoms with E-state index in [0.29, 0.717) is 0 Å². The molecule has 0 spiro atoms. The zero-order valence-electron chi connectivity index (χ0n) is 5.99. The number of hydrogen-bond donors (Lipinski definition) is 0. The van der Waals surface area contributed by atoms with Gasteiger partial charge in [0.1, 0.15) is 0 Å². The molecule has 0 fully saturated rings. The van der Waals surface area contributed by atoms with Crippen molar-refractivity contribution in [3.63, 3.8) is 0 Å². The van der Waals surface area contributed by atoms with E-state index in [2.05, 4.69) is 59.3 Å². The van der Waals surface area contributed by atoms with Gasteiger partial charge in [0.2, 0.25) is 0 Å². The van der Waals surface area contributed by atoms with E-state index in [1.807, 2.05) is 0 Å². The number of rotatable bonds is 0. The molecule has 0 aromatic heterocycles. The van der Waals surface area contributed by atoms with Gasteiger partial charge in [0.05, 0.1) is 0 Å². The zero-order valence-corrected chi connectivity index (χ0v) is 7.87. The fraction of sp³-hybridized carbons (Fsp3) is 0. The zero-order chi connectivity index (χ0) is 7.68. The van der Waals surface area contributed by atoms with Crippen molar-refractivity contribution >= 4 is 32.0 Å². The van der Waals surface area contributed by atoms with Crippen LogP contribution in [0.1, 0.15) is 0 Å². The summed E-state index contributed by atoms with van der Waals surface area (Å²) in [6.07, 6.45) is 0. The van der Waals surface area contributed by atoms with E-state index in [1.165, 1.54) is 15.1 Å². The van der Waals surface area contributed by atoms with Gasteiger partial charge >= 0.3 is 74.4 Å². The van der Waals surface area contributed by atoms with Crippen molar-refractivity contribution < 1.29 is 0 Å². The van der Waals surface area contributed by atoms with Crippen LogP contribution in [0.3, 0.4) is 0 Å². The van der Waals surface area contributed by atoms with Gasteiger partial charge in [0.25, 0.3) is 0 Å². The SMILES string of the molecule is [As]c1ccc2ccccc2c1. The van der Waals surface area contributed by atoms with Gasteiger partial charge in [-0.15, -0.1) is 0 Å². The van der Waals surface area contributed by atoms with Crippen LogP contribution in [0.5, 0.6) is 0 Å². The molecule has 11 heavy (non-hydrogen) atoms. The first-order valence-electron chi connectivity index (χ1n) is 3.54. The van der Waals surface area contributed by atoms with E-state index in [4.69, 9.17) is 0 Å². The Hall–Kier alpha value is -0.742. The predicted molar refractivity (Wildman–Crippen MR) is 49.3 cm³/mol. The third kappa shape index (κ3) is 1.32. The maximum atomic E-state index is 2.56. The molecule has 2 aromatic rings. The molecule has 1 heteroatoms. The second-order valence-corrected chi connectivity index (χ2v) is 3.61. The van der Waals surface area contributed by atoms with Gasteiger partial charge in [0.15, 0.2) is 0 Å². The predicted octanol–water partition coefficient (Wildman–Crippen LogP) is 1.63. The number of benzene rings is 2. The molecule has 0 heterocycles. The molecular weight excluding hydrogens is 195 g/mol. The molecule has 0 saturated carbocycles. The quantitative estimate of drug-likeness (QED) is 0.569. The van der Waals surface area contributed by atoms with Crippen LogP contribution in [0.15, 0.2) is 42.5 Å². The van der Waals surface area contributed by atoms with Crippen LogP contribution in [-0.2, 0) is 0 Å². The normalized spacial score (nSPS) is 10.3. The molecule has 0 unspecified atom stereocenters. The molecule has 0 nitrogen and oxygen atoms in total. The van der Waals surface area contributed by atoms with Crippen molar-refractivity contribution in [3.8, 4) is 0 Å². The van der Waals surface area contributed by atoms with Gasteiger partial charge in [-0.2, -0.15) is 0 Å². The van der Waals surface area contributed by atoms with Gasteiger partial charge < -0.3 is 0 Å². The third-order valence-corrected chi connectivity index (χ3v) is 2.32. The van der Waals surface area contributed by atoms with Crippen molar-refractivity contribution in [1.82, 2.24) is 0 Å². The Morgan fingerprint density at radius 2 is 1.55 bits per heavy atom.